The van der Waals surface area contributed by atoms with Gasteiger partial charge in [0.15, 0.2) is 5.65 Å². The number of benzene rings is 2. The highest BCUT2D eigenvalue weighted by Crippen LogP contribution is 2.42. The van der Waals surface area contributed by atoms with Crippen molar-refractivity contribution in [3.63, 3.8) is 0 Å². The molecule has 0 saturated heterocycles. The number of anilines is 1. The number of thiazole rings is 1. The van der Waals surface area contributed by atoms with Gasteiger partial charge in [0.2, 0.25) is 5.91 Å². The molecule has 5 aromatic rings. The van der Waals surface area contributed by atoms with Crippen molar-refractivity contribution in [1.82, 2.24) is 19.7 Å². The Morgan fingerprint density at radius 2 is 1.89 bits per heavy atom. The summed E-state index contributed by atoms with van der Waals surface area (Å²) in [6, 6.07) is 15.2. The molecular weight excluding hydrogens is 480 g/mol. The number of amides is 1. The Bertz CT molecular complexity index is 1620. The van der Waals surface area contributed by atoms with Crippen LogP contribution in [0, 0.1) is 13.8 Å². The van der Waals surface area contributed by atoms with Crippen LogP contribution >= 0.6 is 11.3 Å². The maximum atomic E-state index is 13.8. The highest BCUT2D eigenvalue weighted by atomic mass is 32.1. The SMILES string of the molecule is Cc1ccc2nc(-c3ccc(NC(=O)Cn4nc(C)c5c(C(F)F)cc(C6CC6)nc54)cc3)sc2c1. The first-order valence-electron chi connectivity index (χ1n) is 11.8. The zero-order valence-corrected chi connectivity index (χ0v) is 20.6. The van der Waals surface area contributed by atoms with Gasteiger partial charge in [-0.05, 0) is 74.7 Å². The van der Waals surface area contributed by atoms with Crippen LogP contribution in [0.5, 0.6) is 0 Å². The lowest BCUT2D eigenvalue weighted by molar-refractivity contribution is -0.116. The number of pyridine rings is 1. The van der Waals surface area contributed by atoms with Gasteiger partial charge in [0.05, 0.1) is 21.3 Å². The molecule has 182 valence electrons. The molecule has 3 heterocycles. The van der Waals surface area contributed by atoms with Gasteiger partial charge in [-0.1, -0.05) is 6.07 Å². The Balaban J connectivity index is 1.22. The molecule has 0 spiro atoms. The summed E-state index contributed by atoms with van der Waals surface area (Å²) < 4.78 is 30.1. The van der Waals surface area contributed by atoms with E-state index in [1.165, 1.54) is 16.3 Å². The van der Waals surface area contributed by atoms with Gasteiger partial charge in [0, 0.05) is 28.4 Å². The van der Waals surface area contributed by atoms with Crippen molar-refractivity contribution in [2.24, 2.45) is 0 Å². The first-order chi connectivity index (χ1) is 17.4. The van der Waals surface area contributed by atoms with Crippen LogP contribution in [0.2, 0.25) is 0 Å². The average molecular weight is 504 g/mol. The zero-order chi connectivity index (χ0) is 25.0. The average Bonchev–Trinajstić information content (AvgIpc) is 3.55. The number of hydrogen-bond donors (Lipinski definition) is 1. The van der Waals surface area contributed by atoms with Crippen molar-refractivity contribution in [2.45, 2.75) is 45.6 Å². The fourth-order valence-electron chi connectivity index (χ4n) is 4.47. The van der Waals surface area contributed by atoms with Crippen LogP contribution < -0.4 is 5.32 Å². The topological polar surface area (TPSA) is 72.7 Å². The van der Waals surface area contributed by atoms with E-state index in [-0.39, 0.29) is 23.9 Å². The van der Waals surface area contributed by atoms with Gasteiger partial charge in [-0.3, -0.25) is 4.79 Å². The van der Waals surface area contributed by atoms with Crippen LogP contribution in [0.15, 0.2) is 48.5 Å². The number of aromatic nitrogens is 4. The normalized spacial score (nSPS) is 13.7. The lowest BCUT2D eigenvalue weighted by Gasteiger charge is -2.09. The van der Waals surface area contributed by atoms with Crippen LogP contribution in [0.25, 0.3) is 31.8 Å². The zero-order valence-electron chi connectivity index (χ0n) is 19.8. The summed E-state index contributed by atoms with van der Waals surface area (Å²) in [5, 5.41) is 8.49. The number of halogens is 2. The van der Waals surface area contributed by atoms with E-state index in [0.717, 1.165) is 33.6 Å². The Hall–Kier alpha value is -3.72. The molecule has 0 unspecified atom stereocenters. The number of carbonyl (C=O) groups is 1. The molecule has 1 fully saturated rings. The smallest absolute Gasteiger partial charge is 0.264 e. The minimum Gasteiger partial charge on any atom is -0.324 e. The lowest BCUT2D eigenvalue weighted by Crippen LogP contribution is -2.20. The number of carbonyl (C=O) groups excluding carboxylic acids is 1. The van der Waals surface area contributed by atoms with Gasteiger partial charge in [-0.2, -0.15) is 5.10 Å². The van der Waals surface area contributed by atoms with Gasteiger partial charge in [-0.15, -0.1) is 11.3 Å². The van der Waals surface area contributed by atoms with Gasteiger partial charge >= 0.3 is 0 Å². The number of alkyl halides is 2. The predicted molar refractivity (Wildman–Crippen MR) is 138 cm³/mol. The van der Waals surface area contributed by atoms with E-state index < -0.39 is 6.43 Å². The molecule has 36 heavy (non-hydrogen) atoms. The fraction of sp³-hybridized carbons (Fsp3) is 0.259. The monoisotopic (exact) mass is 503 g/mol. The van der Waals surface area contributed by atoms with Crippen molar-refractivity contribution in [1.29, 1.82) is 0 Å². The summed E-state index contributed by atoms with van der Waals surface area (Å²) in [6.07, 6.45) is -0.737. The molecular formula is C27H23F2N5OS. The summed E-state index contributed by atoms with van der Waals surface area (Å²) in [5.41, 5.74) is 5.13. The molecule has 1 aliphatic carbocycles. The van der Waals surface area contributed by atoms with E-state index in [1.807, 2.05) is 36.4 Å². The van der Waals surface area contributed by atoms with Gasteiger partial charge in [-0.25, -0.2) is 23.4 Å². The summed E-state index contributed by atoms with van der Waals surface area (Å²) in [7, 11) is 0. The van der Waals surface area contributed by atoms with Crippen LogP contribution in [0.1, 0.15) is 47.7 Å². The van der Waals surface area contributed by atoms with Crippen LogP contribution in [0.3, 0.4) is 0 Å². The van der Waals surface area contributed by atoms with E-state index in [9.17, 15) is 13.6 Å². The Kier molecular flexibility index (Phi) is 5.52. The second-order valence-corrected chi connectivity index (χ2v) is 10.3. The second-order valence-electron chi connectivity index (χ2n) is 9.27. The molecule has 1 saturated carbocycles. The maximum absolute atomic E-state index is 13.8. The largest absolute Gasteiger partial charge is 0.324 e. The number of nitrogens with one attached hydrogen (secondary N) is 1. The Morgan fingerprint density at radius 3 is 2.61 bits per heavy atom. The van der Waals surface area contributed by atoms with Crippen molar-refractivity contribution in [2.75, 3.05) is 5.32 Å². The third-order valence-electron chi connectivity index (χ3n) is 6.41. The molecule has 1 N–H and O–H groups in total. The lowest BCUT2D eigenvalue weighted by atomic mass is 10.1. The number of rotatable bonds is 6. The van der Waals surface area contributed by atoms with Gasteiger partial charge in [0.25, 0.3) is 6.43 Å². The third-order valence-corrected chi connectivity index (χ3v) is 7.48. The van der Waals surface area contributed by atoms with E-state index in [1.54, 1.807) is 18.3 Å². The number of fused-ring (bicyclic) bond motifs is 2. The minimum absolute atomic E-state index is 0.0633. The van der Waals surface area contributed by atoms with Crippen LogP contribution in [-0.4, -0.2) is 25.7 Å². The molecule has 1 aliphatic rings. The van der Waals surface area contributed by atoms with E-state index in [0.29, 0.717) is 28.1 Å². The van der Waals surface area contributed by atoms with Crippen molar-refractivity contribution >= 4 is 44.2 Å². The minimum atomic E-state index is -2.63. The second kappa shape index (κ2) is 8.74. The molecule has 0 atom stereocenters. The number of hydrogen-bond acceptors (Lipinski definition) is 5. The molecule has 2 aromatic carbocycles. The van der Waals surface area contributed by atoms with E-state index in [4.69, 9.17) is 4.98 Å². The molecule has 1 amide bonds. The first kappa shape index (κ1) is 22.7. The summed E-state index contributed by atoms with van der Waals surface area (Å²) in [6.45, 7) is 3.61. The summed E-state index contributed by atoms with van der Waals surface area (Å²) in [5.74, 6) is -0.0952. The predicted octanol–water partition coefficient (Wildman–Crippen LogP) is 6.78. The Morgan fingerprint density at radius 1 is 1.11 bits per heavy atom. The highest BCUT2D eigenvalue weighted by molar-refractivity contribution is 7.21. The van der Waals surface area contributed by atoms with E-state index >= 15 is 0 Å². The molecule has 0 aliphatic heterocycles. The van der Waals surface area contributed by atoms with Crippen molar-refractivity contribution in [3.05, 3.63) is 71.0 Å². The number of nitrogens with zero attached hydrogens (tertiary/aromatic N) is 4. The molecule has 6 nitrogen and oxygen atoms in total. The molecule has 3 aromatic heterocycles. The van der Waals surface area contributed by atoms with Crippen LogP contribution in [-0.2, 0) is 11.3 Å². The fourth-order valence-corrected chi connectivity index (χ4v) is 5.53. The van der Waals surface area contributed by atoms with Crippen molar-refractivity contribution < 1.29 is 13.6 Å². The summed E-state index contributed by atoms with van der Waals surface area (Å²) in [4.78, 5) is 22.1. The third kappa shape index (κ3) is 4.24. The van der Waals surface area contributed by atoms with Gasteiger partial charge in [0.1, 0.15) is 11.6 Å². The van der Waals surface area contributed by atoms with Crippen molar-refractivity contribution in [3.8, 4) is 10.6 Å². The number of aryl methyl sites for hydroxylation is 2. The quantitative estimate of drug-likeness (QED) is 0.277. The standard InChI is InChI=1S/C27H23F2N5OS/c1-14-3-10-20-22(11-14)36-27(32-20)17-6-8-18(9-7-17)30-23(35)13-34-26-24(15(2)33-34)19(25(28)29)12-21(31-26)16-4-5-16/h3,6-12,16,25H,4-5,13H2,1-2H3,(H,30,35). The Labute approximate surface area is 210 Å². The molecule has 9 heteroatoms. The molecule has 0 bridgehead atoms. The first-order valence-corrected chi connectivity index (χ1v) is 12.6. The van der Waals surface area contributed by atoms with Gasteiger partial charge < -0.3 is 5.32 Å². The molecule has 0 radical (unpaired) electrons. The molecule has 6 rings (SSSR count). The maximum Gasteiger partial charge on any atom is 0.264 e. The van der Waals surface area contributed by atoms with Crippen LogP contribution in [0.4, 0.5) is 14.5 Å². The highest BCUT2D eigenvalue weighted by Gasteiger charge is 2.29. The summed E-state index contributed by atoms with van der Waals surface area (Å²) >= 11 is 1.63. The van der Waals surface area contributed by atoms with E-state index in [2.05, 4.69) is 28.4 Å².